The Hall–Kier alpha value is -1.47. The van der Waals surface area contributed by atoms with Gasteiger partial charge >= 0.3 is 6.36 Å². The fourth-order valence-corrected chi connectivity index (χ4v) is 2.39. The van der Waals surface area contributed by atoms with Gasteiger partial charge in [-0.1, -0.05) is 18.6 Å². The molecule has 0 spiro atoms. The van der Waals surface area contributed by atoms with Crippen LogP contribution in [0.5, 0.6) is 5.75 Å². The molecular weight excluding hydrogens is 333 g/mol. The molecule has 1 unspecified atom stereocenters. The van der Waals surface area contributed by atoms with E-state index in [0.717, 1.165) is 31.4 Å². The molecule has 130 valence electrons. The molecule has 2 N–H and O–H groups in total. The Morgan fingerprint density at radius 3 is 2.52 bits per heavy atom. The van der Waals surface area contributed by atoms with Crippen LogP contribution in [0.2, 0.25) is 0 Å². The van der Waals surface area contributed by atoms with E-state index < -0.39 is 6.36 Å². The summed E-state index contributed by atoms with van der Waals surface area (Å²) in [6.07, 6.45) is -1.13. The van der Waals surface area contributed by atoms with Crippen LogP contribution in [0.4, 0.5) is 13.2 Å². The molecule has 0 aliphatic carbocycles. The SMILES string of the molecule is Cl.O=C(NCCc1ccc(OC(F)(F)F)cc1)C1CCCCN1. The summed E-state index contributed by atoms with van der Waals surface area (Å²) < 4.78 is 39.9. The van der Waals surface area contributed by atoms with Gasteiger partial charge in [-0.15, -0.1) is 25.6 Å². The molecule has 8 heteroatoms. The molecule has 1 fully saturated rings. The first kappa shape index (κ1) is 19.6. The maximum Gasteiger partial charge on any atom is 0.573 e. The Kier molecular flexibility index (Phi) is 7.64. The van der Waals surface area contributed by atoms with Gasteiger partial charge in [0, 0.05) is 6.54 Å². The molecule has 1 amide bonds. The lowest BCUT2D eigenvalue weighted by molar-refractivity contribution is -0.274. The van der Waals surface area contributed by atoms with Crippen molar-refractivity contribution in [2.75, 3.05) is 13.1 Å². The number of carbonyl (C=O) groups excluding carboxylic acids is 1. The lowest BCUT2D eigenvalue weighted by atomic mass is 10.0. The monoisotopic (exact) mass is 352 g/mol. The van der Waals surface area contributed by atoms with Crippen molar-refractivity contribution >= 4 is 18.3 Å². The normalized spacial score (nSPS) is 18.0. The standard InChI is InChI=1S/C15H19F3N2O2.ClH/c16-15(17,18)22-12-6-4-11(5-7-12)8-10-20-14(21)13-3-1-2-9-19-13;/h4-7,13,19H,1-3,8-10H2,(H,20,21);1H. The summed E-state index contributed by atoms with van der Waals surface area (Å²) in [6.45, 7) is 1.31. The van der Waals surface area contributed by atoms with Gasteiger partial charge in [0.05, 0.1) is 6.04 Å². The highest BCUT2D eigenvalue weighted by Crippen LogP contribution is 2.22. The van der Waals surface area contributed by atoms with Crippen LogP contribution in [0, 0.1) is 0 Å². The van der Waals surface area contributed by atoms with Crippen molar-refractivity contribution in [3.05, 3.63) is 29.8 Å². The topological polar surface area (TPSA) is 50.4 Å². The van der Waals surface area contributed by atoms with Crippen molar-refractivity contribution in [3.8, 4) is 5.75 Å². The van der Waals surface area contributed by atoms with Crippen LogP contribution in [-0.4, -0.2) is 31.4 Å². The highest BCUT2D eigenvalue weighted by molar-refractivity contribution is 5.85. The molecule has 1 saturated heterocycles. The van der Waals surface area contributed by atoms with Gasteiger partial charge in [-0.3, -0.25) is 4.79 Å². The van der Waals surface area contributed by atoms with Crippen LogP contribution in [0.15, 0.2) is 24.3 Å². The quantitative estimate of drug-likeness (QED) is 0.856. The zero-order valence-electron chi connectivity index (χ0n) is 12.5. The smallest absolute Gasteiger partial charge is 0.406 e. The number of carbonyl (C=O) groups is 1. The first-order valence-electron chi connectivity index (χ1n) is 7.30. The molecule has 1 aromatic carbocycles. The first-order chi connectivity index (χ1) is 10.4. The molecule has 0 aromatic heterocycles. The number of rotatable bonds is 5. The Balaban J connectivity index is 0.00000264. The number of piperidine rings is 1. The Labute approximate surface area is 139 Å². The van der Waals surface area contributed by atoms with Crippen LogP contribution >= 0.6 is 12.4 Å². The van der Waals surface area contributed by atoms with E-state index in [-0.39, 0.29) is 30.1 Å². The third-order valence-electron chi connectivity index (χ3n) is 3.50. The summed E-state index contributed by atoms with van der Waals surface area (Å²) in [5.74, 6) is -0.261. The van der Waals surface area contributed by atoms with E-state index in [1.165, 1.54) is 12.1 Å². The van der Waals surface area contributed by atoms with Gasteiger partial charge in [-0.25, -0.2) is 0 Å². The molecule has 1 atom stereocenters. The van der Waals surface area contributed by atoms with E-state index in [4.69, 9.17) is 0 Å². The minimum Gasteiger partial charge on any atom is -0.406 e. The van der Waals surface area contributed by atoms with E-state index in [2.05, 4.69) is 15.4 Å². The van der Waals surface area contributed by atoms with Crippen LogP contribution < -0.4 is 15.4 Å². The minimum atomic E-state index is -4.68. The van der Waals surface area contributed by atoms with Crippen molar-refractivity contribution < 1.29 is 22.7 Å². The van der Waals surface area contributed by atoms with E-state index in [0.29, 0.717) is 13.0 Å². The van der Waals surface area contributed by atoms with Crippen molar-refractivity contribution in [3.63, 3.8) is 0 Å². The fourth-order valence-electron chi connectivity index (χ4n) is 2.39. The third-order valence-corrected chi connectivity index (χ3v) is 3.50. The van der Waals surface area contributed by atoms with E-state index in [9.17, 15) is 18.0 Å². The van der Waals surface area contributed by atoms with Crippen molar-refractivity contribution in [1.29, 1.82) is 0 Å². The van der Waals surface area contributed by atoms with Crippen molar-refractivity contribution in [2.45, 2.75) is 38.1 Å². The number of benzene rings is 1. The molecule has 1 aliphatic rings. The number of ether oxygens (including phenoxy) is 1. The van der Waals surface area contributed by atoms with Crippen molar-refractivity contribution in [1.82, 2.24) is 10.6 Å². The maximum atomic E-state index is 12.0. The molecule has 1 heterocycles. The molecule has 1 aliphatic heterocycles. The first-order valence-corrected chi connectivity index (χ1v) is 7.30. The average Bonchev–Trinajstić information content (AvgIpc) is 2.48. The predicted molar refractivity (Wildman–Crippen MR) is 82.7 cm³/mol. The number of hydrogen-bond donors (Lipinski definition) is 2. The maximum absolute atomic E-state index is 12.0. The average molecular weight is 353 g/mol. The highest BCUT2D eigenvalue weighted by atomic mass is 35.5. The van der Waals surface area contributed by atoms with Gasteiger partial charge in [0.1, 0.15) is 5.75 Å². The third kappa shape index (κ3) is 7.09. The summed E-state index contributed by atoms with van der Waals surface area (Å²) >= 11 is 0. The fraction of sp³-hybridized carbons (Fsp3) is 0.533. The van der Waals surface area contributed by atoms with E-state index in [1.54, 1.807) is 12.1 Å². The molecule has 4 nitrogen and oxygen atoms in total. The number of amides is 1. The van der Waals surface area contributed by atoms with Gasteiger partial charge in [0.2, 0.25) is 5.91 Å². The largest absolute Gasteiger partial charge is 0.573 e. The summed E-state index contributed by atoms with van der Waals surface area (Å²) in [6, 6.07) is 5.54. The van der Waals surface area contributed by atoms with Gasteiger partial charge in [-0.05, 0) is 43.5 Å². The van der Waals surface area contributed by atoms with Crippen LogP contribution in [0.25, 0.3) is 0 Å². The molecule has 1 aromatic rings. The predicted octanol–water partition coefficient (Wildman–Crippen LogP) is 2.81. The molecular formula is C15H20ClF3N2O2. The van der Waals surface area contributed by atoms with E-state index in [1.807, 2.05) is 0 Å². The summed E-state index contributed by atoms with van der Waals surface area (Å²) in [7, 11) is 0. The Bertz CT molecular complexity index is 488. The minimum absolute atomic E-state index is 0. The summed E-state index contributed by atoms with van der Waals surface area (Å²) in [5, 5.41) is 6.00. The summed E-state index contributed by atoms with van der Waals surface area (Å²) in [4.78, 5) is 11.9. The van der Waals surface area contributed by atoms with Gasteiger partial charge < -0.3 is 15.4 Å². The Morgan fingerprint density at radius 1 is 1.26 bits per heavy atom. The highest BCUT2D eigenvalue weighted by Gasteiger charge is 2.30. The van der Waals surface area contributed by atoms with Crippen LogP contribution in [-0.2, 0) is 11.2 Å². The second kappa shape index (κ2) is 8.98. The second-order valence-corrected chi connectivity index (χ2v) is 5.24. The molecule has 2 rings (SSSR count). The van der Waals surface area contributed by atoms with E-state index >= 15 is 0 Å². The van der Waals surface area contributed by atoms with Gasteiger partial charge in [0.15, 0.2) is 0 Å². The number of nitrogens with one attached hydrogen (secondary N) is 2. The summed E-state index contributed by atoms with van der Waals surface area (Å²) in [5.41, 5.74) is 0.839. The van der Waals surface area contributed by atoms with Crippen LogP contribution in [0.3, 0.4) is 0 Å². The zero-order chi connectivity index (χ0) is 16.0. The second-order valence-electron chi connectivity index (χ2n) is 5.24. The molecule has 0 saturated carbocycles. The lowest BCUT2D eigenvalue weighted by Gasteiger charge is -2.22. The number of hydrogen-bond acceptors (Lipinski definition) is 3. The number of halogens is 4. The zero-order valence-corrected chi connectivity index (χ0v) is 13.3. The molecule has 23 heavy (non-hydrogen) atoms. The lowest BCUT2D eigenvalue weighted by Crippen LogP contribution is -2.47. The Morgan fingerprint density at radius 2 is 1.96 bits per heavy atom. The van der Waals surface area contributed by atoms with Crippen LogP contribution in [0.1, 0.15) is 24.8 Å². The van der Waals surface area contributed by atoms with Gasteiger partial charge in [-0.2, -0.15) is 0 Å². The molecule has 0 radical (unpaired) electrons. The number of alkyl halides is 3. The molecule has 0 bridgehead atoms. The van der Waals surface area contributed by atoms with Crippen molar-refractivity contribution in [2.24, 2.45) is 0 Å². The van der Waals surface area contributed by atoms with Gasteiger partial charge in [0.25, 0.3) is 0 Å².